The van der Waals surface area contributed by atoms with Crippen LogP contribution < -0.4 is 10.6 Å². The van der Waals surface area contributed by atoms with Crippen LogP contribution in [0.5, 0.6) is 0 Å². The monoisotopic (exact) mass is 436 g/mol. The van der Waals surface area contributed by atoms with Gasteiger partial charge in [-0.3, -0.25) is 9.11 Å². The van der Waals surface area contributed by atoms with Crippen molar-refractivity contribution >= 4 is 33.1 Å². The van der Waals surface area contributed by atoms with Gasteiger partial charge in [0.15, 0.2) is 0 Å². The van der Waals surface area contributed by atoms with E-state index in [-0.39, 0.29) is 0 Å². The minimum Gasteiger partial charge on any atom is -0.356 e. The fraction of sp³-hybridized carbons (Fsp3) is 0. The van der Waals surface area contributed by atoms with Crippen molar-refractivity contribution in [3.8, 4) is 0 Å². The molecule has 0 bridgehead atoms. The van der Waals surface area contributed by atoms with Gasteiger partial charge < -0.3 is 10.6 Å². The average molecular weight is 437 g/mol. The maximum atomic E-state index is 8.74. The Morgan fingerprint density at radius 2 is 0.581 bits per heavy atom. The Morgan fingerprint density at radius 1 is 0.419 bits per heavy atom. The van der Waals surface area contributed by atoms with Crippen molar-refractivity contribution < 1.29 is 17.5 Å². The summed E-state index contributed by atoms with van der Waals surface area (Å²) in [7, 11) is -4.67. The van der Waals surface area contributed by atoms with Gasteiger partial charge in [0, 0.05) is 22.7 Å². The molecule has 0 amide bonds. The first kappa shape index (κ1) is 23.6. The SMILES string of the molecule is O=S(=O)(O)O.c1ccc(Nc2ccccc2)cc1.c1ccc(Nc2ccccc2)cc1. The predicted octanol–water partition coefficient (Wildman–Crippen LogP) is 6.21. The van der Waals surface area contributed by atoms with E-state index in [2.05, 4.69) is 10.6 Å². The predicted molar refractivity (Wildman–Crippen MR) is 127 cm³/mol. The largest absolute Gasteiger partial charge is 0.394 e. The Balaban J connectivity index is 0.000000182. The van der Waals surface area contributed by atoms with Crippen LogP contribution in [0.1, 0.15) is 0 Å². The van der Waals surface area contributed by atoms with Gasteiger partial charge in [0.1, 0.15) is 0 Å². The summed E-state index contributed by atoms with van der Waals surface area (Å²) in [5, 5.41) is 6.61. The number of benzene rings is 4. The highest BCUT2D eigenvalue weighted by molar-refractivity contribution is 7.79. The van der Waals surface area contributed by atoms with Crippen molar-refractivity contribution in [3.63, 3.8) is 0 Å². The van der Waals surface area contributed by atoms with Crippen molar-refractivity contribution in [2.24, 2.45) is 0 Å². The zero-order valence-electron chi connectivity index (χ0n) is 16.7. The summed E-state index contributed by atoms with van der Waals surface area (Å²) in [6.07, 6.45) is 0. The third kappa shape index (κ3) is 11.8. The number of para-hydroxylation sites is 4. The van der Waals surface area contributed by atoms with Crippen molar-refractivity contribution in [1.29, 1.82) is 0 Å². The molecule has 4 aromatic carbocycles. The van der Waals surface area contributed by atoms with Gasteiger partial charge in [0.25, 0.3) is 0 Å². The maximum Gasteiger partial charge on any atom is 0.394 e. The van der Waals surface area contributed by atoms with E-state index in [0.29, 0.717) is 0 Å². The summed E-state index contributed by atoms with van der Waals surface area (Å²) in [5.74, 6) is 0. The van der Waals surface area contributed by atoms with E-state index in [4.69, 9.17) is 17.5 Å². The van der Waals surface area contributed by atoms with Crippen LogP contribution >= 0.6 is 0 Å². The van der Waals surface area contributed by atoms with Crippen LogP contribution in [0.25, 0.3) is 0 Å². The molecule has 160 valence electrons. The molecule has 4 rings (SSSR count). The third-order valence-corrected chi connectivity index (χ3v) is 3.67. The lowest BCUT2D eigenvalue weighted by Crippen LogP contribution is -1.89. The zero-order chi connectivity index (χ0) is 22.4. The van der Waals surface area contributed by atoms with E-state index in [0.717, 1.165) is 22.7 Å². The summed E-state index contributed by atoms with van der Waals surface area (Å²) in [5.41, 5.74) is 4.48. The minimum atomic E-state index is -4.67. The van der Waals surface area contributed by atoms with Crippen LogP contribution in [0.3, 0.4) is 0 Å². The zero-order valence-corrected chi connectivity index (χ0v) is 17.5. The molecule has 31 heavy (non-hydrogen) atoms. The first-order valence-electron chi connectivity index (χ1n) is 9.34. The van der Waals surface area contributed by atoms with Gasteiger partial charge in [-0.25, -0.2) is 0 Å². The Bertz CT molecular complexity index is 933. The first-order valence-corrected chi connectivity index (χ1v) is 10.7. The third-order valence-electron chi connectivity index (χ3n) is 3.67. The molecule has 0 saturated heterocycles. The highest BCUT2D eigenvalue weighted by Crippen LogP contribution is 2.15. The molecule has 6 nitrogen and oxygen atoms in total. The van der Waals surface area contributed by atoms with E-state index in [1.807, 2.05) is 121 Å². The van der Waals surface area contributed by atoms with Crippen LogP contribution in [0.2, 0.25) is 0 Å². The molecule has 0 saturated carbocycles. The Hall–Kier alpha value is -3.65. The lowest BCUT2D eigenvalue weighted by Gasteiger charge is -2.04. The summed E-state index contributed by atoms with van der Waals surface area (Å²) in [6, 6.07) is 40.6. The van der Waals surface area contributed by atoms with Crippen LogP contribution in [-0.2, 0) is 10.4 Å². The van der Waals surface area contributed by atoms with Crippen molar-refractivity contribution in [3.05, 3.63) is 121 Å². The lowest BCUT2D eigenvalue weighted by molar-refractivity contribution is 0.381. The standard InChI is InChI=1S/2C12H11N.H2O4S/c2*1-3-7-11(8-4-1)13-12-9-5-2-6-10-12;1-5(2,3)4/h2*1-10,13H;(H2,1,2,3,4). The maximum absolute atomic E-state index is 8.74. The smallest absolute Gasteiger partial charge is 0.356 e. The van der Waals surface area contributed by atoms with Crippen molar-refractivity contribution in [2.75, 3.05) is 10.6 Å². The van der Waals surface area contributed by atoms with Gasteiger partial charge in [-0.1, -0.05) is 72.8 Å². The molecule has 7 heteroatoms. The molecule has 0 radical (unpaired) electrons. The molecule has 0 aliphatic rings. The fourth-order valence-electron chi connectivity index (χ4n) is 2.42. The van der Waals surface area contributed by atoms with Crippen molar-refractivity contribution in [2.45, 2.75) is 0 Å². The van der Waals surface area contributed by atoms with Crippen LogP contribution in [-0.4, -0.2) is 17.5 Å². The molecule has 0 heterocycles. The Kier molecular flexibility index (Phi) is 9.77. The molecule has 0 unspecified atom stereocenters. The normalized spacial score (nSPS) is 9.87. The summed E-state index contributed by atoms with van der Waals surface area (Å²) < 4.78 is 31.6. The van der Waals surface area contributed by atoms with Crippen LogP contribution in [0.4, 0.5) is 22.7 Å². The number of rotatable bonds is 4. The molecule has 0 aliphatic carbocycles. The second kappa shape index (κ2) is 12.8. The van der Waals surface area contributed by atoms with E-state index >= 15 is 0 Å². The van der Waals surface area contributed by atoms with Gasteiger partial charge in [-0.05, 0) is 48.5 Å². The van der Waals surface area contributed by atoms with Crippen LogP contribution in [0.15, 0.2) is 121 Å². The highest BCUT2D eigenvalue weighted by atomic mass is 32.3. The second-order valence-electron chi connectivity index (χ2n) is 6.16. The number of hydrogen-bond donors (Lipinski definition) is 4. The molecular formula is C24H24N2O4S. The highest BCUT2D eigenvalue weighted by Gasteiger charge is 1.91. The molecule has 0 aromatic heterocycles. The molecule has 0 fully saturated rings. The van der Waals surface area contributed by atoms with Gasteiger partial charge in [0.05, 0.1) is 0 Å². The molecule has 0 aliphatic heterocycles. The average Bonchev–Trinajstić information content (AvgIpc) is 2.76. The Labute approximate surface area is 182 Å². The van der Waals surface area contributed by atoms with E-state index in [1.54, 1.807) is 0 Å². The quantitative estimate of drug-likeness (QED) is 0.284. The molecule has 4 aromatic rings. The van der Waals surface area contributed by atoms with E-state index < -0.39 is 10.4 Å². The number of anilines is 4. The topological polar surface area (TPSA) is 98.7 Å². The Morgan fingerprint density at radius 3 is 0.742 bits per heavy atom. The second-order valence-corrected chi connectivity index (χ2v) is 7.06. The van der Waals surface area contributed by atoms with Gasteiger partial charge >= 0.3 is 10.4 Å². The van der Waals surface area contributed by atoms with Gasteiger partial charge in [-0.15, -0.1) is 0 Å². The fourth-order valence-corrected chi connectivity index (χ4v) is 2.42. The van der Waals surface area contributed by atoms with Crippen molar-refractivity contribution in [1.82, 2.24) is 0 Å². The molecule has 0 spiro atoms. The summed E-state index contributed by atoms with van der Waals surface area (Å²) >= 11 is 0. The van der Waals surface area contributed by atoms with Crippen LogP contribution in [0, 0.1) is 0 Å². The van der Waals surface area contributed by atoms with Gasteiger partial charge in [0.2, 0.25) is 0 Å². The summed E-state index contributed by atoms with van der Waals surface area (Å²) in [6.45, 7) is 0. The minimum absolute atomic E-state index is 1.12. The lowest BCUT2D eigenvalue weighted by atomic mass is 10.3. The van der Waals surface area contributed by atoms with Gasteiger partial charge in [-0.2, -0.15) is 8.42 Å². The van der Waals surface area contributed by atoms with E-state index in [1.165, 1.54) is 0 Å². The molecular weight excluding hydrogens is 412 g/mol. The summed E-state index contributed by atoms with van der Waals surface area (Å²) in [4.78, 5) is 0. The molecule has 4 N–H and O–H groups in total. The first-order chi connectivity index (χ1) is 14.9. The van der Waals surface area contributed by atoms with E-state index in [9.17, 15) is 0 Å². The molecule has 0 atom stereocenters. The number of nitrogens with one attached hydrogen (secondary N) is 2. The number of hydrogen-bond acceptors (Lipinski definition) is 4.